The first kappa shape index (κ1) is 30.6. The lowest BCUT2D eigenvalue weighted by molar-refractivity contribution is 0.0694. The van der Waals surface area contributed by atoms with Crippen molar-refractivity contribution in [3.05, 3.63) is 103 Å². The molecule has 0 saturated carbocycles. The molecule has 0 amide bonds. The third-order valence-electron chi connectivity index (χ3n) is 5.46. The van der Waals surface area contributed by atoms with Gasteiger partial charge in [0.2, 0.25) is 10.9 Å². The number of hydrogen-bond acceptors (Lipinski definition) is 12. The number of hydrogen-bond donors (Lipinski definition) is 4. The van der Waals surface area contributed by atoms with Crippen molar-refractivity contribution in [1.82, 2.24) is 0 Å². The number of benzene rings is 3. The Balaban J connectivity index is 2.12. The van der Waals surface area contributed by atoms with E-state index in [-0.39, 0.29) is 38.2 Å². The van der Waals surface area contributed by atoms with Gasteiger partial charge in [-0.1, -0.05) is 19.2 Å². The molecule has 1 unspecified atom stereocenters. The van der Waals surface area contributed by atoms with E-state index in [1.54, 1.807) is 0 Å². The van der Waals surface area contributed by atoms with E-state index >= 15 is 0 Å². The highest BCUT2D eigenvalue weighted by atomic mass is 32.2. The van der Waals surface area contributed by atoms with Crippen molar-refractivity contribution in [3.63, 3.8) is 0 Å². The standard InChI is InChI=1S/C25H22N4O10S2/c1-5-41(36,37)15-7-9-18(21(11-15)39-4)27-29-23-19(30)12-16(25(32)33)22(24(23)31)28-26-17-8-6-14(10-20(17)38-3)13(2)40(34)35/h5-12,26-27H,1-2H2,3-4H3,(H,32,33)(H,34,35). The summed E-state index contributed by atoms with van der Waals surface area (Å²) in [4.78, 5) is 37.3. The summed E-state index contributed by atoms with van der Waals surface area (Å²) < 4.78 is 55.1. The molecule has 0 radical (unpaired) electrons. The number of carboxylic acid groups (broad SMARTS) is 1. The lowest BCUT2D eigenvalue weighted by Gasteiger charge is -2.10. The molecule has 41 heavy (non-hydrogen) atoms. The minimum Gasteiger partial charge on any atom is -0.494 e. The van der Waals surface area contributed by atoms with E-state index in [0.717, 1.165) is 5.41 Å². The Bertz CT molecular complexity index is 1930. The zero-order valence-electron chi connectivity index (χ0n) is 21.4. The normalized spacial score (nSPS) is 12.9. The Kier molecular flexibility index (Phi) is 9.33. The number of rotatable bonds is 11. The van der Waals surface area contributed by atoms with Crippen LogP contribution >= 0.6 is 0 Å². The number of nitrogens with one attached hydrogen (secondary N) is 2. The molecule has 0 aliphatic rings. The monoisotopic (exact) mass is 602 g/mol. The second kappa shape index (κ2) is 12.5. The van der Waals surface area contributed by atoms with Crippen molar-refractivity contribution < 1.29 is 36.6 Å². The van der Waals surface area contributed by atoms with Gasteiger partial charge in [-0.2, -0.15) is 10.2 Å². The molecule has 214 valence electrons. The molecule has 3 aromatic carbocycles. The molecule has 3 rings (SSSR count). The Morgan fingerprint density at radius 3 is 2.07 bits per heavy atom. The SMILES string of the molecule is C=CS(=O)(=O)c1ccc(NN=c2c(=O)cc(C(=O)O)c(=NNc3ccc(C(=C)S(=O)O)cc3OC)c2=O)c(OC)c1. The van der Waals surface area contributed by atoms with Crippen LogP contribution < -0.4 is 41.9 Å². The highest BCUT2D eigenvalue weighted by molar-refractivity contribution is 7.94. The maximum absolute atomic E-state index is 13.2. The number of carboxylic acids is 1. The second-order valence-electron chi connectivity index (χ2n) is 7.86. The number of aromatic carboxylic acids is 1. The summed E-state index contributed by atoms with van der Waals surface area (Å²) in [5.41, 5.74) is 2.58. The molecular formula is C25H22N4O10S2. The first-order valence-corrected chi connectivity index (χ1v) is 13.7. The lowest BCUT2D eigenvalue weighted by atomic mass is 10.2. The Hall–Kier alpha value is -4.93. The van der Waals surface area contributed by atoms with Crippen LogP contribution in [0.25, 0.3) is 4.91 Å². The number of nitrogens with zero attached hydrogens (tertiary/aromatic N) is 2. The first-order valence-electron chi connectivity index (χ1n) is 11.1. The highest BCUT2D eigenvalue weighted by Crippen LogP contribution is 2.29. The summed E-state index contributed by atoms with van der Waals surface area (Å²) >= 11 is -2.34. The molecule has 0 bridgehead atoms. The van der Waals surface area contributed by atoms with Crippen LogP contribution in [0.4, 0.5) is 11.4 Å². The van der Waals surface area contributed by atoms with Crippen LogP contribution in [0.1, 0.15) is 15.9 Å². The topological polar surface area (TPSA) is 210 Å². The van der Waals surface area contributed by atoms with E-state index in [9.17, 15) is 36.7 Å². The fourth-order valence-electron chi connectivity index (χ4n) is 3.32. The van der Waals surface area contributed by atoms with Gasteiger partial charge in [0, 0.05) is 17.5 Å². The average molecular weight is 603 g/mol. The highest BCUT2D eigenvalue weighted by Gasteiger charge is 2.16. The van der Waals surface area contributed by atoms with Crippen LogP contribution in [0.2, 0.25) is 0 Å². The van der Waals surface area contributed by atoms with Crippen molar-refractivity contribution in [1.29, 1.82) is 0 Å². The Morgan fingerprint density at radius 2 is 1.54 bits per heavy atom. The van der Waals surface area contributed by atoms with Gasteiger partial charge in [0.1, 0.15) is 16.9 Å². The molecule has 1 atom stereocenters. The predicted molar refractivity (Wildman–Crippen MR) is 150 cm³/mol. The van der Waals surface area contributed by atoms with Crippen molar-refractivity contribution in [2.24, 2.45) is 10.2 Å². The Labute approximate surface area is 234 Å². The summed E-state index contributed by atoms with van der Waals surface area (Å²) in [6.45, 7) is 6.76. The molecule has 0 saturated heterocycles. The zero-order valence-corrected chi connectivity index (χ0v) is 23.0. The van der Waals surface area contributed by atoms with Crippen LogP contribution in [0.3, 0.4) is 0 Å². The van der Waals surface area contributed by atoms with Gasteiger partial charge in [-0.15, -0.1) is 0 Å². The minimum atomic E-state index is -3.78. The summed E-state index contributed by atoms with van der Waals surface area (Å²) in [7, 11) is -1.22. The minimum absolute atomic E-state index is 0.00793. The largest absolute Gasteiger partial charge is 0.494 e. The first-order chi connectivity index (χ1) is 19.3. The van der Waals surface area contributed by atoms with E-state index in [1.165, 1.54) is 50.6 Å². The van der Waals surface area contributed by atoms with Gasteiger partial charge in [-0.25, -0.2) is 17.4 Å². The van der Waals surface area contributed by atoms with Crippen LogP contribution in [0.15, 0.2) is 85.7 Å². The predicted octanol–water partition coefficient (Wildman–Crippen LogP) is 0.963. The van der Waals surface area contributed by atoms with Gasteiger partial charge in [-0.3, -0.25) is 20.4 Å². The average Bonchev–Trinajstić information content (AvgIpc) is 2.95. The molecule has 3 aromatic rings. The number of sulfone groups is 1. The van der Waals surface area contributed by atoms with E-state index < -0.39 is 54.0 Å². The third kappa shape index (κ3) is 6.63. The smallest absolute Gasteiger partial charge is 0.338 e. The Morgan fingerprint density at radius 1 is 0.976 bits per heavy atom. The van der Waals surface area contributed by atoms with E-state index in [0.29, 0.717) is 6.07 Å². The molecule has 0 aromatic heterocycles. The molecule has 4 N–H and O–H groups in total. The second-order valence-corrected chi connectivity index (χ2v) is 10.7. The fraction of sp³-hybridized carbons (Fsp3) is 0.0800. The molecule has 14 nitrogen and oxygen atoms in total. The maximum atomic E-state index is 13.2. The lowest BCUT2D eigenvalue weighted by Crippen LogP contribution is -2.50. The van der Waals surface area contributed by atoms with Crippen LogP contribution in [0.5, 0.6) is 11.5 Å². The maximum Gasteiger partial charge on any atom is 0.338 e. The van der Waals surface area contributed by atoms with Gasteiger partial charge in [0.25, 0.3) is 0 Å². The molecule has 0 aliphatic carbocycles. The molecular weight excluding hydrogens is 580 g/mol. The summed E-state index contributed by atoms with van der Waals surface area (Å²) in [5, 5.41) is 16.6. The third-order valence-corrected chi connectivity index (χ3v) is 7.46. The van der Waals surface area contributed by atoms with Gasteiger partial charge in [0.15, 0.2) is 26.3 Å². The molecule has 0 heterocycles. The molecule has 16 heteroatoms. The van der Waals surface area contributed by atoms with E-state index in [4.69, 9.17) is 9.47 Å². The van der Waals surface area contributed by atoms with Crippen LogP contribution in [0, 0.1) is 0 Å². The van der Waals surface area contributed by atoms with Crippen molar-refractivity contribution in [2.45, 2.75) is 4.90 Å². The quantitative estimate of drug-likeness (QED) is 0.179. The molecule has 0 fully saturated rings. The van der Waals surface area contributed by atoms with Crippen molar-refractivity contribution in [2.75, 3.05) is 25.1 Å². The van der Waals surface area contributed by atoms with Gasteiger partial charge in [-0.05, 0) is 29.8 Å². The summed E-state index contributed by atoms with van der Waals surface area (Å²) in [5.74, 6) is -1.49. The van der Waals surface area contributed by atoms with E-state index in [1.807, 2.05) is 0 Å². The van der Waals surface area contributed by atoms with E-state index in [2.05, 4.69) is 34.2 Å². The van der Waals surface area contributed by atoms with Crippen molar-refractivity contribution >= 4 is 43.2 Å². The number of ether oxygens (including phenoxy) is 2. The molecule has 0 spiro atoms. The number of carbonyl (C=O) groups is 1. The fourth-order valence-corrected chi connectivity index (χ4v) is 4.37. The van der Waals surface area contributed by atoms with Crippen LogP contribution in [-0.4, -0.2) is 42.5 Å². The molecule has 0 aliphatic heterocycles. The number of anilines is 2. The summed E-state index contributed by atoms with van der Waals surface area (Å²) in [6.07, 6.45) is 0. The van der Waals surface area contributed by atoms with Crippen LogP contribution in [-0.2, 0) is 20.9 Å². The van der Waals surface area contributed by atoms with Gasteiger partial charge >= 0.3 is 5.97 Å². The zero-order chi connectivity index (χ0) is 30.5. The number of methoxy groups -OCH3 is 2. The van der Waals surface area contributed by atoms with Gasteiger partial charge in [0.05, 0.1) is 41.0 Å². The van der Waals surface area contributed by atoms with Crippen molar-refractivity contribution in [3.8, 4) is 11.5 Å². The van der Waals surface area contributed by atoms with Gasteiger partial charge < -0.3 is 19.1 Å². The summed E-state index contributed by atoms with van der Waals surface area (Å²) in [6, 6.07) is 8.52.